The fourth-order valence-electron chi connectivity index (χ4n) is 10.9. The highest BCUT2D eigenvalue weighted by atomic mass is 35.5. The zero-order valence-electron chi connectivity index (χ0n) is 52.6. The lowest BCUT2D eigenvalue weighted by Gasteiger charge is -2.41. The molecule has 0 bridgehead atoms. The number of anilines is 1. The van der Waals surface area contributed by atoms with Crippen molar-refractivity contribution in [1.82, 2.24) is 35.0 Å². The number of halogens is 1. The minimum Gasteiger partial charge on any atom is -0.495 e. The van der Waals surface area contributed by atoms with E-state index in [-0.39, 0.29) is 106 Å². The normalized spacial score (nSPS) is 19.4. The third kappa shape index (κ3) is 19.9. The summed E-state index contributed by atoms with van der Waals surface area (Å²) in [5.41, 5.74) is 5.56. The van der Waals surface area contributed by atoms with Gasteiger partial charge in [0.1, 0.15) is 35.1 Å². The van der Waals surface area contributed by atoms with E-state index in [9.17, 15) is 38.7 Å². The SMILES string of the molecule is CC[C@H](CC(=O)N(C)c1cc(C/C(C)=C/C=C/[C@@H](OC)[C@@]2(O)C[C@@H]([C@@H](C)C3CO3)OC(=O)N2)cc(OC)c1Cl)OC(=O)[C@H](C)N(C)C(=O)CCC(=O)N(CCOCCOCCC(=O)O)C1CCN(C(=O)CCn2c(CN(C)NC)cc3ccccc32)CC1. The number of amides is 5. The predicted molar refractivity (Wildman–Crippen MR) is 329 cm³/mol. The molecule has 3 saturated heterocycles. The summed E-state index contributed by atoms with van der Waals surface area (Å²) in [5, 5.41) is 26.2. The van der Waals surface area contributed by atoms with Gasteiger partial charge in [-0.25, -0.2) is 14.6 Å². The summed E-state index contributed by atoms with van der Waals surface area (Å²) in [6.07, 6.45) is 3.51. The van der Waals surface area contributed by atoms with Gasteiger partial charge < -0.3 is 67.5 Å². The van der Waals surface area contributed by atoms with E-state index in [0.717, 1.165) is 27.7 Å². The van der Waals surface area contributed by atoms with Crippen molar-refractivity contribution in [1.29, 1.82) is 0 Å². The lowest BCUT2D eigenvalue weighted by molar-refractivity contribution is -0.159. The van der Waals surface area contributed by atoms with E-state index in [0.29, 0.717) is 69.9 Å². The molecule has 88 heavy (non-hydrogen) atoms. The van der Waals surface area contributed by atoms with Gasteiger partial charge in [-0.1, -0.05) is 67.4 Å². The lowest BCUT2D eigenvalue weighted by atomic mass is 9.89. The van der Waals surface area contributed by atoms with Gasteiger partial charge in [0.25, 0.3) is 0 Å². The first-order valence-electron chi connectivity index (χ1n) is 30.2. The smallest absolute Gasteiger partial charge is 0.409 e. The van der Waals surface area contributed by atoms with Crippen LogP contribution in [0.3, 0.4) is 0 Å². The number of likely N-dealkylation sites (tertiary alicyclic amines) is 1. The number of aromatic nitrogens is 1. The first-order valence-corrected chi connectivity index (χ1v) is 30.6. The first-order chi connectivity index (χ1) is 42.0. The van der Waals surface area contributed by atoms with E-state index in [1.165, 1.54) is 38.0 Å². The van der Waals surface area contributed by atoms with Crippen molar-refractivity contribution in [3.05, 3.63) is 82.5 Å². The van der Waals surface area contributed by atoms with Crippen molar-refractivity contribution in [2.75, 3.05) is 100.0 Å². The number of nitrogens with zero attached hydrogens (tertiary/aromatic N) is 6. The van der Waals surface area contributed by atoms with Gasteiger partial charge in [-0.3, -0.25) is 34.7 Å². The number of aryl methyl sites for hydroxylation is 1. The molecule has 3 aliphatic heterocycles. The molecule has 486 valence electrons. The maximum atomic E-state index is 14.1. The molecule has 3 fully saturated rings. The van der Waals surface area contributed by atoms with Crippen molar-refractivity contribution in [2.24, 2.45) is 5.92 Å². The number of carbonyl (C=O) groups excluding carboxylic acids is 6. The Morgan fingerprint density at radius 2 is 1.62 bits per heavy atom. The van der Waals surface area contributed by atoms with Crippen LogP contribution in [0.2, 0.25) is 5.02 Å². The second kappa shape index (κ2) is 33.8. The van der Waals surface area contributed by atoms with E-state index in [2.05, 4.69) is 33.5 Å². The highest BCUT2D eigenvalue weighted by Crippen LogP contribution is 2.38. The molecule has 0 spiro atoms. The fourth-order valence-corrected chi connectivity index (χ4v) is 11.2. The fraction of sp³-hybridized carbons (Fsp3) is 0.603. The number of benzene rings is 2. The van der Waals surface area contributed by atoms with Crippen molar-refractivity contribution < 1.29 is 76.9 Å². The van der Waals surface area contributed by atoms with E-state index >= 15 is 0 Å². The number of alkyl carbamates (subject to hydrolysis) is 1. The maximum absolute atomic E-state index is 14.1. The number of hydrogen-bond acceptors (Lipinski definition) is 17. The number of hydrazine groups is 1. The number of carbonyl (C=O) groups is 7. The highest BCUT2D eigenvalue weighted by molar-refractivity contribution is 6.35. The standard InChI is InChI=1S/C63H91ClN8O16/c1-11-48(37-58(76)69(8)50-34-44(35-51(82-9)60(50)64)33-41(2)15-14-18-54(83-10)63(81)38-52(88-62(80)66-63)42(3)53-40-86-53)87-61(79)43(4)68(7)55(73)19-20-57(75)72(28-30-85-32-31-84-29-24-59(77)78)46-21-25-70(26-22-46)56(74)23-27-71-47(39-67(6)65-5)36-45-16-12-13-17-49(45)71/h12-18,34-36,42-43,46,48,52-54,65,81H,11,19-33,37-40H2,1-10H3,(H,66,80)(H,77,78)/b18-14+,41-15+/t42-,43+,48-,52+,53?,54-,63+/m1/s1. The lowest BCUT2D eigenvalue weighted by Crippen LogP contribution is -2.63. The molecule has 6 rings (SSSR count). The van der Waals surface area contributed by atoms with Gasteiger partial charge in [-0.15, -0.1) is 0 Å². The van der Waals surface area contributed by atoms with E-state index in [1.54, 1.807) is 43.2 Å². The van der Waals surface area contributed by atoms with Crippen LogP contribution in [0.4, 0.5) is 10.5 Å². The minimum absolute atomic E-state index is 0.0171. The van der Waals surface area contributed by atoms with Crippen LogP contribution in [0.1, 0.15) is 96.7 Å². The van der Waals surface area contributed by atoms with Gasteiger partial charge in [0.2, 0.25) is 23.6 Å². The van der Waals surface area contributed by atoms with Crippen molar-refractivity contribution in [2.45, 2.75) is 147 Å². The first kappa shape index (κ1) is 70.4. The molecule has 2 aromatic carbocycles. The number of allylic oxidation sites excluding steroid dienone is 3. The molecule has 0 radical (unpaired) electrons. The second-order valence-corrected chi connectivity index (χ2v) is 23.2. The number of carboxylic acids is 1. The van der Waals surface area contributed by atoms with Gasteiger partial charge in [0.05, 0.1) is 71.3 Å². The highest BCUT2D eigenvalue weighted by Gasteiger charge is 2.49. The third-order valence-corrected chi connectivity index (χ3v) is 17.0. The van der Waals surface area contributed by atoms with Crippen LogP contribution >= 0.6 is 11.6 Å². The number of esters is 1. The van der Waals surface area contributed by atoms with E-state index in [4.69, 9.17) is 49.9 Å². The molecule has 4 heterocycles. The van der Waals surface area contributed by atoms with Crippen LogP contribution in [0.15, 0.2) is 66.3 Å². The number of fused-ring (bicyclic) bond motifs is 1. The Labute approximate surface area is 521 Å². The largest absolute Gasteiger partial charge is 0.495 e. The zero-order chi connectivity index (χ0) is 64.2. The molecular weight excluding hydrogens is 1160 g/mol. The Morgan fingerprint density at radius 1 is 0.932 bits per heavy atom. The van der Waals surface area contributed by atoms with Gasteiger partial charge in [0.15, 0.2) is 5.72 Å². The second-order valence-electron chi connectivity index (χ2n) is 22.8. The molecule has 5 amide bonds. The Bertz CT molecular complexity index is 2930. The summed E-state index contributed by atoms with van der Waals surface area (Å²) >= 11 is 6.81. The number of cyclic esters (lactones) is 1. The van der Waals surface area contributed by atoms with E-state index in [1.807, 2.05) is 56.1 Å². The van der Waals surface area contributed by atoms with Gasteiger partial charge in [-0.05, 0) is 81.8 Å². The van der Waals surface area contributed by atoms with E-state index < -0.39 is 59.9 Å². The number of methoxy groups -OCH3 is 2. The number of rotatable bonds is 35. The van der Waals surface area contributed by atoms with Crippen LogP contribution in [0.25, 0.3) is 10.9 Å². The summed E-state index contributed by atoms with van der Waals surface area (Å²) in [6, 6.07) is 12.5. The molecule has 3 aromatic rings. The number of carboxylic acid groups (broad SMARTS) is 1. The average Bonchev–Trinajstić information content (AvgIpc) is 3.33. The molecule has 0 saturated carbocycles. The number of aliphatic carboxylic acids is 1. The molecular formula is C63H91ClN8O16. The Balaban J connectivity index is 1.01. The summed E-state index contributed by atoms with van der Waals surface area (Å²) in [5.74, 6) is -2.63. The zero-order valence-corrected chi connectivity index (χ0v) is 53.4. The Hall–Kier alpha value is -6.64. The van der Waals surface area contributed by atoms with Gasteiger partial charge in [0, 0.05) is 103 Å². The number of epoxide rings is 1. The number of hydrogen-bond donors (Lipinski definition) is 4. The number of likely N-dealkylation sites (N-methyl/N-ethyl adjacent to an activating group) is 1. The summed E-state index contributed by atoms with van der Waals surface area (Å²) < 4.78 is 41.3. The van der Waals surface area contributed by atoms with Crippen LogP contribution < -0.4 is 20.4 Å². The summed E-state index contributed by atoms with van der Waals surface area (Å²) in [7, 11) is 9.75. The van der Waals surface area contributed by atoms with Crippen LogP contribution in [0.5, 0.6) is 5.75 Å². The van der Waals surface area contributed by atoms with Crippen molar-refractivity contribution in [3.63, 3.8) is 0 Å². The number of para-hydroxylation sites is 1. The Morgan fingerprint density at radius 3 is 2.28 bits per heavy atom. The van der Waals surface area contributed by atoms with Crippen LogP contribution in [0, 0.1) is 5.92 Å². The number of aliphatic hydroxyl groups is 1. The quantitative estimate of drug-likeness (QED) is 0.0176. The predicted octanol–water partition coefficient (Wildman–Crippen LogP) is 5.87. The van der Waals surface area contributed by atoms with Crippen LogP contribution in [-0.2, 0) is 76.7 Å². The van der Waals surface area contributed by atoms with Crippen molar-refractivity contribution in [3.8, 4) is 5.75 Å². The molecule has 3 aliphatic rings. The molecule has 1 aromatic heterocycles. The molecule has 1 unspecified atom stereocenters. The molecule has 7 atom stereocenters. The molecule has 0 aliphatic carbocycles. The average molecular weight is 1250 g/mol. The molecule has 25 heteroatoms. The molecule has 24 nitrogen and oxygen atoms in total. The number of nitrogens with one attached hydrogen (secondary N) is 2. The maximum Gasteiger partial charge on any atom is 0.409 e. The summed E-state index contributed by atoms with van der Waals surface area (Å²) in [6.45, 7) is 10.5. The van der Waals surface area contributed by atoms with Crippen LogP contribution in [-0.4, -0.2) is 213 Å². The monoisotopic (exact) mass is 1250 g/mol. The topological polar surface area (TPSA) is 273 Å². The van der Waals surface area contributed by atoms with Gasteiger partial charge >= 0.3 is 18.0 Å². The minimum atomic E-state index is -1.73. The van der Waals surface area contributed by atoms with Gasteiger partial charge in [-0.2, -0.15) is 0 Å². The summed E-state index contributed by atoms with van der Waals surface area (Å²) in [4.78, 5) is 98.7. The number of ether oxygens (including phenoxy) is 7. The third-order valence-electron chi connectivity index (χ3n) is 16.7. The molecule has 4 N–H and O–H groups in total. The van der Waals surface area contributed by atoms with Crippen molar-refractivity contribution >= 4 is 69.9 Å². The Kier molecular flexibility index (Phi) is 27.1. The number of piperidine rings is 1.